The zero-order valence-electron chi connectivity index (χ0n) is 13.2. The minimum atomic E-state index is -0.364. The molecule has 0 bridgehead atoms. The summed E-state index contributed by atoms with van der Waals surface area (Å²) in [6.07, 6.45) is 8.86. The van der Waals surface area contributed by atoms with Crippen molar-refractivity contribution >= 4 is 0 Å². The Morgan fingerprint density at radius 2 is 2.05 bits per heavy atom. The van der Waals surface area contributed by atoms with Gasteiger partial charge in [-0.1, -0.05) is 38.8 Å². The van der Waals surface area contributed by atoms with Gasteiger partial charge in [-0.3, -0.25) is 0 Å². The van der Waals surface area contributed by atoms with Crippen LogP contribution in [0.3, 0.4) is 0 Å². The number of rotatable bonds is 6. The summed E-state index contributed by atoms with van der Waals surface area (Å²) in [5.74, 6) is 2.68. The predicted molar refractivity (Wildman–Crippen MR) is 80.4 cm³/mol. The highest BCUT2D eigenvalue weighted by atomic mass is 16.5. The molecule has 0 radical (unpaired) electrons. The second-order valence-electron chi connectivity index (χ2n) is 6.54. The van der Waals surface area contributed by atoms with Crippen molar-refractivity contribution in [2.75, 3.05) is 0 Å². The molecule has 0 amide bonds. The van der Waals surface area contributed by atoms with Gasteiger partial charge in [0.2, 0.25) is 5.89 Å². The van der Waals surface area contributed by atoms with Crippen molar-refractivity contribution in [1.29, 1.82) is 0 Å². The third-order valence-electron chi connectivity index (χ3n) is 4.80. The van der Waals surface area contributed by atoms with Crippen molar-refractivity contribution < 1.29 is 4.52 Å². The number of nitrogens with two attached hydrogens (primary N) is 1. The molecule has 1 heterocycles. The van der Waals surface area contributed by atoms with E-state index in [4.69, 9.17) is 10.3 Å². The molecule has 0 aliphatic heterocycles. The lowest BCUT2D eigenvalue weighted by molar-refractivity contribution is 0.229. The lowest BCUT2D eigenvalue weighted by atomic mass is 9.77. The normalized spacial score (nSPS) is 28.5. The number of hydrogen-bond acceptors (Lipinski definition) is 4. The van der Waals surface area contributed by atoms with E-state index in [-0.39, 0.29) is 5.54 Å². The minimum absolute atomic E-state index is 0.364. The van der Waals surface area contributed by atoms with Crippen LogP contribution in [0.1, 0.15) is 89.8 Å². The van der Waals surface area contributed by atoms with Gasteiger partial charge in [-0.2, -0.15) is 4.98 Å². The predicted octanol–water partition coefficient (Wildman–Crippen LogP) is 4.12. The SMILES string of the molecule is CCCCC(CC)c1nc(C2(N)CCC(C)CC2)no1. The summed E-state index contributed by atoms with van der Waals surface area (Å²) in [5.41, 5.74) is 6.15. The Labute approximate surface area is 122 Å². The molecule has 0 aromatic carbocycles. The van der Waals surface area contributed by atoms with Crippen molar-refractivity contribution in [3.8, 4) is 0 Å². The number of unbranched alkanes of at least 4 members (excludes halogenated alkanes) is 1. The Kier molecular flexibility index (Phi) is 5.19. The molecule has 1 saturated carbocycles. The number of hydrogen-bond donors (Lipinski definition) is 1. The average Bonchev–Trinajstić information content (AvgIpc) is 2.94. The highest BCUT2D eigenvalue weighted by Gasteiger charge is 2.36. The lowest BCUT2D eigenvalue weighted by Gasteiger charge is -2.33. The molecule has 4 heteroatoms. The highest BCUT2D eigenvalue weighted by Crippen LogP contribution is 2.36. The molecule has 20 heavy (non-hydrogen) atoms. The van der Waals surface area contributed by atoms with Gasteiger partial charge in [0.1, 0.15) is 0 Å². The van der Waals surface area contributed by atoms with Crippen LogP contribution in [-0.2, 0) is 5.54 Å². The van der Waals surface area contributed by atoms with Crippen molar-refractivity contribution in [2.24, 2.45) is 11.7 Å². The first-order valence-corrected chi connectivity index (χ1v) is 8.22. The van der Waals surface area contributed by atoms with Gasteiger partial charge in [0, 0.05) is 5.92 Å². The standard InChI is InChI=1S/C16H29N3O/c1-4-6-7-13(5-2)14-18-15(19-20-14)16(17)10-8-12(3)9-11-16/h12-13H,4-11,17H2,1-3H3. The summed E-state index contributed by atoms with van der Waals surface area (Å²) in [5, 5.41) is 4.20. The van der Waals surface area contributed by atoms with E-state index in [2.05, 4.69) is 30.9 Å². The number of aromatic nitrogens is 2. The third-order valence-corrected chi connectivity index (χ3v) is 4.80. The molecule has 1 aliphatic rings. The molecule has 2 N–H and O–H groups in total. The quantitative estimate of drug-likeness (QED) is 0.850. The van der Waals surface area contributed by atoms with Crippen LogP contribution in [-0.4, -0.2) is 10.1 Å². The van der Waals surface area contributed by atoms with Crippen LogP contribution in [0.5, 0.6) is 0 Å². The summed E-state index contributed by atoms with van der Waals surface area (Å²) in [7, 11) is 0. The first kappa shape index (κ1) is 15.5. The Morgan fingerprint density at radius 3 is 2.65 bits per heavy atom. The molecule has 1 unspecified atom stereocenters. The fraction of sp³-hybridized carbons (Fsp3) is 0.875. The van der Waals surface area contributed by atoms with Crippen LogP contribution in [0.2, 0.25) is 0 Å². The van der Waals surface area contributed by atoms with E-state index in [1.54, 1.807) is 0 Å². The maximum atomic E-state index is 6.51. The molecule has 1 aliphatic carbocycles. The van der Waals surface area contributed by atoms with Crippen LogP contribution in [0.15, 0.2) is 4.52 Å². The van der Waals surface area contributed by atoms with E-state index in [9.17, 15) is 0 Å². The summed E-state index contributed by atoms with van der Waals surface area (Å²) in [4.78, 5) is 4.65. The monoisotopic (exact) mass is 279 g/mol. The van der Waals surface area contributed by atoms with Gasteiger partial charge in [0.05, 0.1) is 5.54 Å². The molecule has 4 nitrogen and oxygen atoms in total. The van der Waals surface area contributed by atoms with E-state index < -0.39 is 0 Å². The first-order valence-electron chi connectivity index (χ1n) is 8.22. The van der Waals surface area contributed by atoms with Crippen molar-refractivity contribution in [1.82, 2.24) is 10.1 Å². The van der Waals surface area contributed by atoms with Gasteiger partial charge in [-0.05, 0) is 44.4 Å². The van der Waals surface area contributed by atoms with E-state index >= 15 is 0 Å². The van der Waals surface area contributed by atoms with Crippen molar-refractivity contribution in [2.45, 2.75) is 83.6 Å². The summed E-state index contributed by atoms with van der Waals surface area (Å²) in [6, 6.07) is 0. The second-order valence-corrected chi connectivity index (χ2v) is 6.54. The second kappa shape index (κ2) is 6.70. The van der Waals surface area contributed by atoms with Crippen LogP contribution < -0.4 is 5.73 Å². The molecule has 1 fully saturated rings. The fourth-order valence-electron chi connectivity index (χ4n) is 3.06. The van der Waals surface area contributed by atoms with Crippen LogP contribution in [0, 0.1) is 5.92 Å². The molecule has 1 aromatic rings. The largest absolute Gasteiger partial charge is 0.339 e. The van der Waals surface area contributed by atoms with Gasteiger partial charge < -0.3 is 10.3 Å². The Bertz CT molecular complexity index is 408. The Morgan fingerprint density at radius 1 is 1.35 bits per heavy atom. The summed E-state index contributed by atoms with van der Waals surface area (Å²) in [6.45, 7) is 6.69. The molecule has 114 valence electrons. The maximum Gasteiger partial charge on any atom is 0.229 e. The smallest absolute Gasteiger partial charge is 0.229 e. The summed E-state index contributed by atoms with van der Waals surface area (Å²) >= 11 is 0. The fourth-order valence-corrected chi connectivity index (χ4v) is 3.06. The number of nitrogens with zero attached hydrogens (tertiary/aromatic N) is 2. The minimum Gasteiger partial charge on any atom is -0.339 e. The first-order chi connectivity index (χ1) is 9.59. The van der Waals surface area contributed by atoms with Gasteiger partial charge in [-0.15, -0.1) is 0 Å². The molecule has 1 atom stereocenters. The highest BCUT2D eigenvalue weighted by molar-refractivity contribution is 5.07. The van der Waals surface area contributed by atoms with Gasteiger partial charge in [-0.25, -0.2) is 0 Å². The third kappa shape index (κ3) is 3.40. The van der Waals surface area contributed by atoms with E-state index in [1.165, 1.54) is 12.8 Å². The average molecular weight is 279 g/mol. The Balaban J connectivity index is 2.07. The zero-order valence-corrected chi connectivity index (χ0v) is 13.2. The van der Waals surface area contributed by atoms with Crippen LogP contribution in [0.4, 0.5) is 0 Å². The van der Waals surface area contributed by atoms with Gasteiger partial charge >= 0.3 is 0 Å². The zero-order chi connectivity index (χ0) is 14.6. The van der Waals surface area contributed by atoms with Crippen molar-refractivity contribution in [3.63, 3.8) is 0 Å². The van der Waals surface area contributed by atoms with Crippen molar-refractivity contribution in [3.05, 3.63) is 11.7 Å². The summed E-state index contributed by atoms with van der Waals surface area (Å²) < 4.78 is 5.52. The van der Waals surface area contributed by atoms with Crippen LogP contribution >= 0.6 is 0 Å². The molecular weight excluding hydrogens is 250 g/mol. The topological polar surface area (TPSA) is 64.9 Å². The molecule has 2 rings (SSSR count). The molecule has 0 spiro atoms. The van der Waals surface area contributed by atoms with Gasteiger partial charge in [0.15, 0.2) is 5.82 Å². The van der Waals surface area contributed by atoms with E-state index in [0.29, 0.717) is 5.92 Å². The molecular formula is C16H29N3O. The van der Waals surface area contributed by atoms with E-state index in [0.717, 1.165) is 56.2 Å². The van der Waals surface area contributed by atoms with Crippen LogP contribution in [0.25, 0.3) is 0 Å². The van der Waals surface area contributed by atoms with Gasteiger partial charge in [0.25, 0.3) is 0 Å². The lowest BCUT2D eigenvalue weighted by Crippen LogP contribution is -2.41. The maximum absolute atomic E-state index is 6.51. The molecule has 0 saturated heterocycles. The van der Waals surface area contributed by atoms with E-state index in [1.807, 2.05) is 0 Å². The molecule has 1 aromatic heterocycles. The Hall–Kier alpha value is -0.900.